The van der Waals surface area contributed by atoms with E-state index in [2.05, 4.69) is 4.98 Å². The van der Waals surface area contributed by atoms with Gasteiger partial charge in [0.15, 0.2) is 15.6 Å². The van der Waals surface area contributed by atoms with Crippen LogP contribution in [0.4, 0.5) is 0 Å². The van der Waals surface area contributed by atoms with Gasteiger partial charge in [0.1, 0.15) is 0 Å². The molecule has 0 radical (unpaired) electrons. The zero-order valence-corrected chi connectivity index (χ0v) is 8.73. The van der Waals surface area contributed by atoms with Crippen molar-refractivity contribution in [3.63, 3.8) is 0 Å². The van der Waals surface area contributed by atoms with E-state index in [1.54, 1.807) is 0 Å². The Morgan fingerprint density at radius 2 is 2.00 bits per heavy atom. The van der Waals surface area contributed by atoms with E-state index in [-0.39, 0.29) is 5.56 Å². The number of ketones is 1. The number of rotatable bonds is 3. The molecule has 6 heteroatoms. The normalized spacial score (nSPS) is 12.8. The molecule has 1 rings (SSSR count). The quantitative estimate of drug-likeness (QED) is 0.684. The molecule has 1 unspecified atom stereocenters. The molecule has 0 amide bonds. The maximum absolute atomic E-state index is 11.6. The zero-order valence-electron chi connectivity index (χ0n) is 7.91. The van der Waals surface area contributed by atoms with Gasteiger partial charge in [-0.1, -0.05) is 0 Å². The molecular formula is C9H8N2O3S. The summed E-state index contributed by atoms with van der Waals surface area (Å²) >= 11 is 0. The van der Waals surface area contributed by atoms with Gasteiger partial charge in [0.25, 0.3) is 0 Å². The van der Waals surface area contributed by atoms with Gasteiger partial charge in [-0.3, -0.25) is 9.78 Å². The number of nitrogens with zero attached hydrogens (tertiary/aromatic N) is 2. The van der Waals surface area contributed by atoms with Crippen LogP contribution in [0, 0.1) is 11.3 Å². The summed E-state index contributed by atoms with van der Waals surface area (Å²) in [6.07, 6.45) is 3.59. The summed E-state index contributed by atoms with van der Waals surface area (Å²) in [4.78, 5) is 15.3. The second-order valence-corrected chi connectivity index (χ2v) is 5.07. The van der Waals surface area contributed by atoms with Gasteiger partial charge in [0.05, 0.1) is 6.07 Å². The SMILES string of the molecule is CS(=O)(=O)C(C#N)C(=O)c1ccncc1. The van der Waals surface area contributed by atoms with E-state index in [1.165, 1.54) is 30.6 Å². The van der Waals surface area contributed by atoms with Gasteiger partial charge in [-0.25, -0.2) is 8.42 Å². The number of Topliss-reactive ketones (excluding diaryl/α,β-unsaturated/α-hetero) is 1. The van der Waals surface area contributed by atoms with Crippen LogP contribution in [0.3, 0.4) is 0 Å². The van der Waals surface area contributed by atoms with Crippen LogP contribution in [0.2, 0.25) is 0 Å². The highest BCUT2D eigenvalue weighted by molar-refractivity contribution is 7.92. The summed E-state index contributed by atoms with van der Waals surface area (Å²) in [6, 6.07) is 4.23. The van der Waals surface area contributed by atoms with Crippen LogP contribution in [0.15, 0.2) is 24.5 Å². The van der Waals surface area contributed by atoms with E-state index < -0.39 is 20.9 Å². The summed E-state index contributed by atoms with van der Waals surface area (Å²) in [5.41, 5.74) is 0.168. The lowest BCUT2D eigenvalue weighted by Crippen LogP contribution is -2.27. The average molecular weight is 224 g/mol. The smallest absolute Gasteiger partial charge is 0.210 e. The molecule has 0 fully saturated rings. The van der Waals surface area contributed by atoms with Gasteiger partial charge in [-0.2, -0.15) is 5.26 Å². The maximum Gasteiger partial charge on any atom is 0.210 e. The first-order valence-electron chi connectivity index (χ1n) is 3.99. The average Bonchev–Trinajstić information content (AvgIpc) is 2.18. The molecule has 1 atom stereocenters. The predicted molar refractivity (Wildman–Crippen MR) is 52.8 cm³/mol. The Morgan fingerprint density at radius 1 is 1.47 bits per heavy atom. The highest BCUT2D eigenvalue weighted by atomic mass is 32.2. The van der Waals surface area contributed by atoms with Crippen LogP contribution >= 0.6 is 0 Å². The minimum atomic E-state index is -3.69. The van der Waals surface area contributed by atoms with E-state index in [1.807, 2.05) is 0 Å². The third kappa shape index (κ3) is 2.60. The molecule has 0 aliphatic heterocycles. The van der Waals surface area contributed by atoms with Crippen molar-refractivity contribution in [1.82, 2.24) is 4.98 Å². The molecule has 0 saturated carbocycles. The number of carbonyl (C=O) groups excluding carboxylic acids is 1. The number of hydrogen-bond acceptors (Lipinski definition) is 5. The van der Waals surface area contributed by atoms with Crippen molar-refractivity contribution < 1.29 is 13.2 Å². The maximum atomic E-state index is 11.6. The topological polar surface area (TPSA) is 87.9 Å². The summed E-state index contributed by atoms with van der Waals surface area (Å²) in [6.45, 7) is 0. The summed E-state index contributed by atoms with van der Waals surface area (Å²) < 4.78 is 22.2. The molecule has 0 aromatic carbocycles. The molecule has 1 heterocycles. The van der Waals surface area contributed by atoms with Crippen LogP contribution in [0.25, 0.3) is 0 Å². The molecule has 1 aromatic rings. The van der Waals surface area contributed by atoms with Crippen LogP contribution < -0.4 is 0 Å². The molecule has 15 heavy (non-hydrogen) atoms. The lowest BCUT2D eigenvalue weighted by Gasteiger charge is -2.04. The fraction of sp³-hybridized carbons (Fsp3) is 0.222. The summed E-state index contributed by atoms with van der Waals surface area (Å²) in [7, 11) is -3.69. The lowest BCUT2D eigenvalue weighted by atomic mass is 10.1. The number of sulfone groups is 1. The van der Waals surface area contributed by atoms with Crippen LogP contribution in [-0.2, 0) is 9.84 Å². The largest absolute Gasteiger partial charge is 0.292 e. The molecule has 1 aromatic heterocycles. The zero-order chi connectivity index (χ0) is 11.5. The number of aromatic nitrogens is 1. The van der Waals surface area contributed by atoms with Crippen molar-refractivity contribution in [2.24, 2.45) is 0 Å². The van der Waals surface area contributed by atoms with Gasteiger partial charge in [0.2, 0.25) is 5.25 Å². The van der Waals surface area contributed by atoms with Gasteiger partial charge in [-0.15, -0.1) is 0 Å². The third-order valence-corrected chi connectivity index (χ3v) is 2.92. The van der Waals surface area contributed by atoms with Gasteiger partial charge < -0.3 is 0 Å². The molecule has 0 aliphatic carbocycles. The highest BCUT2D eigenvalue weighted by Crippen LogP contribution is 2.08. The van der Waals surface area contributed by atoms with Crippen molar-refractivity contribution in [3.05, 3.63) is 30.1 Å². The predicted octanol–water partition coefficient (Wildman–Crippen LogP) is 0.201. The fourth-order valence-electron chi connectivity index (χ4n) is 1.02. The fourth-order valence-corrected chi connectivity index (χ4v) is 1.73. The Bertz CT molecular complexity index is 502. The third-order valence-electron chi connectivity index (χ3n) is 1.75. The summed E-state index contributed by atoms with van der Waals surface area (Å²) in [5.74, 6) is -0.720. The minimum Gasteiger partial charge on any atom is -0.292 e. The minimum absolute atomic E-state index is 0.168. The molecule has 0 saturated heterocycles. The van der Waals surface area contributed by atoms with Crippen molar-refractivity contribution in [1.29, 1.82) is 5.26 Å². The molecular weight excluding hydrogens is 216 g/mol. The molecule has 78 valence electrons. The Labute approximate surface area is 87.3 Å². The van der Waals surface area contributed by atoms with E-state index in [0.717, 1.165) is 6.26 Å². The Hall–Kier alpha value is -1.74. The van der Waals surface area contributed by atoms with E-state index >= 15 is 0 Å². The molecule has 0 N–H and O–H groups in total. The number of pyridine rings is 1. The van der Waals surface area contributed by atoms with Crippen molar-refractivity contribution in [2.75, 3.05) is 6.26 Å². The van der Waals surface area contributed by atoms with E-state index in [9.17, 15) is 13.2 Å². The molecule has 0 bridgehead atoms. The molecule has 0 spiro atoms. The standard InChI is InChI=1S/C9H8N2O3S/c1-15(13,14)8(6-10)9(12)7-2-4-11-5-3-7/h2-5,8H,1H3. The second-order valence-electron chi connectivity index (χ2n) is 2.94. The van der Waals surface area contributed by atoms with Crippen molar-refractivity contribution in [2.45, 2.75) is 5.25 Å². The monoisotopic (exact) mass is 224 g/mol. The molecule has 0 aliphatic rings. The van der Waals surface area contributed by atoms with Crippen molar-refractivity contribution >= 4 is 15.6 Å². The number of nitriles is 1. The van der Waals surface area contributed by atoms with Gasteiger partial charge in [-0.05, 0) is 12.1 Å². The Balaban J connectivity index is 3.11. The Morgan fingerprint density at radius 3 is 2.40 bits per heavy atom. The summed E-state index contributed by atoms with van der Waals surface area (Å²) in [5, 5.41) is 6.99. The first kappa shape index (κ1) is 11.3. The Kier molecular flexibility index (Phi) is 3.17. The molecule has 5 nitrogen and oxygen atoms in total. The number of carbonyl (C=O) groups is 1. The first-order valence-corrected chi connectivity index (χ1v) is 5.95. The van der Waals surface area contributed by atoms with Crippen molar-refractivity contribution in [3.8, 4) is 6.07 Å². The second kappa shape index (κ2) is 4.19. The van der Waals surface area contributed by atoms with Gasteiger partial charge in [0, 0.05) is 24.2 Å². The van der Waals surface area contributed by atoms with Crippen LogP contribution in [0.1, 0.15) is 10.4 Å². The lowest BCUT2D eigenvalue weighted by molar-refractivity contribution is 0.100. The van der Waals surface area contributed by atoms with E-state index in [0.29, 0.717) is 0 Å². The van der Waals surface area contributed by atoms with E-state index in [4.69, 9.17) is 5.26 Å². The first-order chi connectivity index (χ1) is 6.96. The van der Waals surface area contributed by atoms with Crippen LogP contribution in [-0.4, -0.2) is 30.7 Å². The number of hydrogen-bond donors (Lipinski definition) is 0. The van der Waals surface area contributed by atoms with Crippen LogP contribution in [0.5, 0.6) is 0 Å². The highest BCUT2D eigenvalue weighted by Gasteiger charge is 2.29. The van der Waals surface area contributed by atoms with Gasteiger partial charge >= 0.3 is 0 Å².